The highest BCUT2D eigenvalue weighted by Gasteiger charge is 2.19. The molecule has 2 aromatic carbocycles. The monoisotopic (exact) mass is 429 g/mol. The summed E-state index contributed by atoms with van der Waals surface area (Å²) in [6.45, 7) is 5.86. The van der Waals surface area contributed by atoms with Crippen molar-refractivity contribution in [2.24, 2.45) is 0 Å². The molecule has 0 fully saturated rings. The lowest BCUT2D eigenvalue weighted by Gasteiger charge is -2.26. The molecule has 0 aromatic heterocycles. The molecule has 0 unspecified atom stereocenters. The van der Waals surface area contributed by atoms with Crippen LogP contribution in [0.3, 0.4) is 0 Å². The van der Waals surface area contributed by atoms with Gasteiger partial charge in [0.05, 0.1) is 18.6 Å². The van der Waals surface area contributed by atoms with Gasteiger partial charge in [-0.15, -0.1) is 11.8 Å². The summed E-state index contributed by atoms with van der Waals surface area (Å²) in [5.74, 6) is 0.994. The fourth-order valence-corrected chi connectivity index (χ4v) is 3.67. The molecule has 0 saturated heterocycles. The summed E-state index contributed by atoms with van der Waals surface area (Å²) >= 11 is 1.45. The predicted molar refractivity (Wildman–Crippen MR) is 122 cm³/mol. The van der Waals surface area contributed by atoms with E-state index in [-0.39, 0.29) is 23.8 Å². The number of rotatable bonds is 11. The van der Waals surface area contributed by atoms with Gasteiger partial charge in [0.15, 0.2) is 5.78 Å². The Hall–Kier alpha value is -2.31. The molecule has 0 heterocycles. The molecule has 6 heteroatoms. The van der Waals surface area contributed by atoms with Crippen LogP contribution in [0.4, 0.5) is 0 Å². The maximum Gasteiger partial charge on any atom is 0.308 e. The molecule has 162 valence electrons. The van der Waals surface area contributed by atoms with Crippen LogP contribution in [-0.2, 0) is 11.2 Å². The van der Waals surface area contributed by atoms with E-state index in [1.165, 1.54) is 24.2 Å². The van der Waals surface area contributed by atoms with Crippen molar-refractivity contribution in [1.29, 1.82) is 0 Å². The van der Waals surface area contributed by atoms with Gasteiger partial charge >= 0.3 is 5.97 Å². The fourth-order valence-electron chi connectivity index (χ4n) is 3.12. The van der Waals surface area contributed by atoms with Gasteiger partial charge in [-0.05, 0) is 75.3 Å². The zero-order valence-corrected chi connectivity index (χ0v) is 19.2. The summed E-state index contributed by atoms with van der Waals surface area (Å²) in [5.41, 5.74) is 1.74. The quantitative estimate of drug-likeness (QED) is 0.237. The molecular formula is C24H31NO4S. The van der Waals surface area contributed by atoms with Gasteiger partial charge in [-0.25, -0.2) is 0 Å². The topological polar surface area (TPSA) is 64.6 Å². The SMILES string of the molecule is COc1ccc(CCCC(C)(C)NCC(=O)c2ccc(OC(C)=O)c(SC)c2)cc1. The Morgan fingerprint density at radius 2 is 1.80 bits per heavy atom. The second-order valence-electron chi connectivity index (χ2n) is 7.82. The minimum atomic E-state index is -0.373. The van der Waals surface area contributed by atoms with E-state index in [1.54, 1.807) is 25.3 Å². The number of ketones is 1. The first kappa shape index (κ1) is 24.0. The lowest BCUT2D eigenvalue weighted by molar-refractivity contribution is -0.132. The van der Waals surface area contributed by atoms with Crippen LogP contribution in [-0.4, -0.2) is 37.2 Å². The molecule has 0 aliphatic carbocycles. The zero-order chi connectivity index (χ0) is 22.1. The van der Waals surface area contributed by atoms with Crippen molar-refractivity contribution in [3.05, 3.63) is 53.6 Å². The summed E-state index contributed by atoms with van der Waals surface area (Å²) in [5, 5.41) is 3.38. The van der Waals surface area contributed by atoms with Gasteiger partial charge in [0.2, 0.25) is 0 Å². The second kappa shape index (κ2) is 11.2. The normalized spacial score (nSPS) is 11.2. The number of carbonyl (C=O) groups is 2. The Bertz CT molecular complexity index is 862. The Balaban J connectivity index is 1.86. The van der Waals surface area contributed by atoms with Crippen molar-refractivity contribution in [2.45, 2.75) is 50.5 Å². The number of methoxy groups -OCH3 is 1. The molecule has 0 spiro atoms. The second-order valence-corrected chi connectivity index (χ2v) is 8.67. The molecule has 2 aromatic rings. The maximum absolute atomic E-state index is 12.7. The molecule has 2 rings (SSSR count). The predicted octanol–water partition coefficient (Wildman–Crippen LogP) is 4.92. The highest BCUT2D eigenvalue weighted by molar-refractivity contribution is 7.98. The van der Waals surface area contributed by atoms with Gasteiger partial charge in [0.1, 0.15) is 11.5 Å². The van der Waals surface area contributed by atoms with Gasteiger partial charge < -0.3 is 14.8 Å². The van der Waals surface area contributed by atoms with Crippen LogP contribution in [0.25, 0.3) is 0 Å². The van der Waals surface area contributed by atoms with E-state index in [9.17, 15) is 9.59 Å². The van der Waals surface area contributed by atoms with Crippen molar-refractivity contribution in [1.82, 2.24) is 5.32 Å². The first-order valence-electron chi connectivity index (χ1n) is 10.0. The third-order valence-corrected chi connectivity index (χ3v) is 5.65. The molecule has 30 heavy (non-hydrogen) atoms. The highest BCUT2D eigenvalue weighted by Crippen LogP contribution is 2.29. The van der Waals surface area contributed by atoms with Crippen LogP contribution in [0.2, 0.25) is 0 Å². The minimum Gasteiger partial charge on any atom is -0.497 e. The van der Waals surface area contributed by atoms with E-state index in [2.05, 4.69) is 31.3 Å². The summed E-state index contributed by atoms with van der Waals surface area (Å²) < 4.78 is 10.4. The lowest BCUT2D eigenvalue weighted by atomic mass is 9.95. The van der Waals surface area contributed by atoms with E-state index < -0.39 is 0 Å². The van der Waals surface area contributed by atoms with Crippen molar-refractivity contribution in [2.75, 3.05) is 19.9 Å². The summed E-state index contributed by atoms with van der Waals surface area (Å²) in [4.78, 5) is 24.6. The highest BCUT2D eigenvalue weighted by atomic mass is 32.2. The summed E-state index contributed by atoms with van der Waals surface area (Å²) in [7, 11) is 1.67. The number of carbonyl (C=O) groups excluding carboxylic acids is 2. The number of benzene rings is 2. The van der Waals surface area contributed by atoms with E-state index in [1.807, 2.05) is 18.4 Å². The fraction of sp³-hybridized carbons (Fsp3) is 0.417. The van der Waals surface area contributed by atoms with E-state index in [0.717, 1.165) is 29.9 Å². The molecule has 0 aliphatic rings. The molecule has 5 nitrogen and oxygen atoms in total. The Morgan fingerprint density at radius 3 is 2.40 bits per heavy atom. The molecular weight excluding hydrogens is 398 g/mol. The largest absolute Gasteiger partial charge is 0.497 e. The van der Waals surface area contributed by atoms with Crippen LogP contribution in [0.1, 0.15) is 49.5 Å². The molecule has 0 bridgehead atoms. The molecule has 0 radical (unpaired) electrons. The molecule has 1 N–H and O–H groups in total. The zero-order valence-electron chi connectivity index (χ0n) is 18.4. The minimum absolute atomic E-state index is 0.0166. The average molecular weight is 430 g/mol. The summed E-state index contributed by atoms with van der Waals surface area (Å²) in [6, 6.07) is 13.3. The van der Waals surface area contributed by atoms with Crippen molar-refractivity contribution in [3.8, 4) is 11.5 Å². The molecule has 0 atom stereocenters. The van der Waals surface area contributed by atoms with E-state index in [4.69, 9.17) is 9.47 Å². The molecule has 0 aliphatic heterocycles. The van der Waals surface area contributed by atoms with Crippen LogP contribution in [0, 0.1) is 0 Å². The third kappa shape index (κ3) is 7.50. The van der Waals surface area contributed by atoms with Gasteiger partial charge in [0, 0.05) is 18.0 Å². The number of hydrogen-bond acceptors (Lipinski definition) is 6. The first-order chi connectivity index (χ1) is 14.2. The number of Topliss-reactive ketones (excluding diaryl/α,β-unsaturated/α-hetero) is 1. The van der Waals surface area contributed by atoms with E-state index in [0.29, 0.717) is 11.3 Å². The first-order valence-corrected chi connectivity index (χ1v) is 11.2. The Morgan fingerprint density at radius 1 is 1.10 bits per heavy atom. The smallest absolute Gasteiger partial charge is 0.308 e. The Kier molecular flexibility index (Phi) is 8.93. The number of esters is 1. The summed E-state index contributed by atoms with van der Waals surface area (Å²) in [6.07, 6.45) is 4.85. The van der Waals surface area contributed by atoms with E-state index >= 15 is 0 Å². The van der Waals surface area contributed by atoms with Gasteiger partial charge in [-0.1, -0.05) is 12.1 Å². The average Bonchev–Trinajstić information content (AvgIpc) is 2.72. The Labute approximate surface area is 183 Å². The van der Waals surface area contributed by atoms with Gasteiger partial charge in [0.25, 0.3) is 0 Å². The maximum atomic E-state index is 12.7. The standard InChI is InChI=1S/C24H31NO4S/c1-17(26)29-22-13-10-19(15-23(22)30-5)21(27)16-25-24(2,3)14-6-7-18-8-11-20(28-4)12-9-18/h8-13,15,25H,6-7,14,16H2,1-5H3. The van der Waals surface area contributed by atoms with Crippen LogP contribution >= 0.6 is 11.8 Å². The van der Waals surface area contributed by atoms with Crippen molar-refractivity contribution in [3.63, 3.8) is 0 Å². The van der Waals surface area contributed by atoms with Gasteiger partial charge in [-0.2, -0.15) is 0 Å². The molecule has 0 saturated carbocycles. The van der Waals surface area contributed by atoms with Crippen molar-refractivity contribution < 1.29 is 19.1 Å². The third-order valence-electron chi connectivity index (χ3n) is 4.89. The number of nitrogens with one attached hydrogen (secondary N) is 1. The van der Waals surface area contributed by atoms with Gasteiger partial charge in [-0.3, -0.25) is 9.59 Å². The lowest BCUT2D eigenvalue weighted by Crippen LogP contribution is -2.42. The van der Waals surface area contributed by atoms with Crippen LogP contribution < -0.4 is 14.8 Å². The van der Waals surface area contributed by atoms with Crippen LogP contribution in [0.15, 0.2) is 47.4 Å². The molecule has 0 amide bonds. The number of hydrogen-bond donors (Lipinski definition) is 1. The number of aryl methyl sites for hydroxylation is 1. The van der Waals surface area contributed by atoms with Crippen LogP contribution in [0.5, 0.6) is 11.5 Å². The number of thioether (sulfide) groups is 1. The number of ether oxygens (including phenoxy) is 2. The van der Waals surface area contributed by atoms with Crippen molar-refractivity contribution >= 4 is 23.5 Å².